The molecule has 2 aromatic rings. The number of anilines is 1. The van der Waals surface area contributed by atoms with E-state index < -0.39 is 0 Å². The Kier molecular flexibility index (Phi) is 2.79. The van der Waals surface area contributed by atoms with Gasteiger partial charge in [-0.05, 0) is 28.6 Å². The van der Waals surface area contributed by atoms with E-state index in [4.69, 9.17) is 17.3 Å². The van der Waals surface area contributed by atoms with Gasteiger partial charge in [0.05, 0.1) is 10.7 Å². The van der Waals surface area contributed by atoms with Crippen LogP contribution in [-0.2, 0) is 5.41 Å². The van der Waals surface area contributed by atoms with Gasteiger partial charge in [0.1, 0.15) is 0 Å². The molecule has 1 aromatic carbocycles. The molecule has 17 heavy (non-hydrogen) atoms. The molecule has 0 amide bonds. The zero-order valence-corrected chi connectivity index (χ0v) is 10.7. The maximum Gasteiger partial charge on any atom is 0.162 e. The highest BCUT2D eigenvalue weighted by atomic mass is 35.5. The van der Waals surface area contributed by atoms with E-state index in [-0.39, 0.29) is 5.41 Å². The number of nitrogen functional groups attached to an aromatic ring is 1. The lowest BCUT2D eigenvalue weighted by Gasteiger charge is -2.17. The fraction of sp³-hybridized carbons (Fsp3) is 0.364. The van der Waals surface area contributed by atoms with Crippen molar-refractivity contribution in [3.8, 4) is 5.69 Å². The van der Waals surface area contributed by atoms with Gasteiger partial charge in [0, 0.05) is 11.1 Å². The quantitative estimate of drug-likeness (QED) is 0.789. The highest BCUT2D eigenvalue weighted by Crippen LogP contribution is 2.27. The van der Waals surface area contributed by atoms with Crippen molar-refractivity contribution in [2.75, 3.05) is 5.73 Å². The minimum absolute atomic E-state index is 0.159. The summed E-state index contributed by atoms with van der Waals surface area (Å²) in [5.74, 6) is 0.754. The predicted octanol–water partition coefficient (Wildman–Crippen LogP) is 2.20. The molecule has 0 aliphatic carbocycles. The SMILES string of the molecule is CC(C)(C)c1nnnn1-c1ccc(N)cc1Cl. The van der Waals surface area contributed by atoms with Gasteiger partial charge in [-0.3, -0.25) is 0 Å². The molecule has 0 atom stereocenters. The van der Waals surface area contributed by atoms with Crippen LogP contribution in [0.2, 0.25) is 5.02 Å². The first kappa shape index (κ1) is 11.9. The molecular weight excluding hydrogens is 238 g/mol. The van der Waals surface area contributed by atoms with E-state index in [1.807, 2.05) is 26.8 Å². The minimum atomic E-state index is -0.159. The van der Waals surface area contributed by atoms with Crippen LogP contribution in [0.3, 0.4) is 0 Å². The normalized spacial score (nSPS) is 11.8. The zero-order chi connectivity index (χ0) is 12.6. The molecule has 0 radical (unpaired) electrons. The highest BCUT2D eigenvalue weighted by molar-refractivity contribution is 6.32. The van der Waals surface area contributed by atoms with Crippen LogP contribution >= 0.6 is 11.6 Å². The average Bonchev–Trinajstić information content (AvgIpc) is 2.65. The topological polar surface area (TPSA) is 69.6 Å². The lowest BCUT2D eigenvalue weighted by molar-refractivity contribution is 0.526. The summed E-state index contributed by atoms with van der Waals surface area (Å²) in [7, 11) is 0. The van der Waals surface area contributed by atoms with Crippen molar-refractivity contribution >= 4 is 17.3 Å². The summed E-state index contributed by atoms with van der Waals surface area (Å²) in [6.07, 6.45) is 0. The van der Waals surface area contributed by atoms with E-state index in [1.165, 1.54) is 0 Å². The summed E-state index contributed by atoms with van der Waals surface area (Å²) in [4.78, 5) is 0. The Labute approximate surface area is 105 Å². The Morgan fingerprint density at radius 3 is 2.59 bits per heavy atom. The van der Waals surface area contributed by atoms with Crippen LogP contribution in [0.1, 0.15) is 26.6 Å². The first-order valence-electron chi connectivity index (χ1n) is 5.24. The van der Waals surface area contributed by atoms with Gasteiger partial charge in [-0.2, -0.15) is 4.68 Å². The lowest BCUT2D eigenvalue weighted by atomic mass is 9.96. The molecule has 0 fully saturated rings. The third-order valence-electron chi connectivity index (χ3n) is 2.34. The van der Waals surface area contributed by atoms with Crippen LogP contribution in [0, 0.1) is 0 Å². The molecule has 6 heteroatoms. The van der Waals surface area contributed by atoms with Gasteiger partial charge in [0.2, 0.25) is 0 Å². The van der Waals surface area contributed by atoms with Crippen LogP contribution < -0.4 is 5.73 Å². The summed E-state index contributed by atoms with van der Waals surface area (Å²) in [5.41, 5.74) is 6.85. The van der Waals surface area contributed by atoms with Crippen LogP contribution in [0.4, 0.5) is 5.69 Å². The number of aromatic nitrogens is 4. The number of halogens is 1. The Morgan fingerprint density at radius 1 is 1.29 bits per heavy atom. The van der Waals surface area contributed by atoms with Crippen molar-refractivity contribution < 1.29 is 0 Å². The number of nitrogens with two attached hydrogens (primary N) is 1. The maximum absolute atomic E-state index is 6.15. The van der Waals surface area contributed by atoms with Gasteiger partial charge in [-0.15, -0.1) is 5.10 Å². The molecule has 2 N–H and O–H groups in total. The third kappa shape index (κ3) is 2.24. The van der Waals surface area contributed by atoms with Crippen LogP contribution in [0.25, 0.3) is 5.69 Å². The third-order valence-corrected chi connectivity index (χ3v) is 2.64. The minimum Gasteiger partial charge on any atom is -0.399 e. The Morgan fingerprint density at radius 2 is 2.00 bits per heavy atom. The molecule has 2 rings (SSSR count). The molecule has 90 valence electrons. The van der Waals surface area contributed by atoms with Crippen molar-refractivity contribution in [3.05, 3.63) is 29.0 Å². The van der Waals surface area contributed by atoms with Crippen LogP contribution in [-0.4, -0.2) is 20.2 Å². The number of rotatable bonds is 1. The van der Waals surface area contributed by atoms with Gasteiger partial charge in [0.25, 0.3) is 0 Å². The first-order valence-corrected chi connectivity index (χ1v) is 5.61. The molecule has 5 nitrogen and oxygen atoms in total. The summed E-state index contributed by atoms with van der Waals surface area (Å²) in [6, 6.07) is 5.27. The van der Waals surface area contributed by atoms with Crippen molar-refractivity contribution in [1.82, 2.24) is 20.2 Å². The van der Waals surface area contributed by atoms with E-state index in [2.05, 4.69) is 15.5 Å². The summed E-state index contributed by atoms with van der Waals surface area (Å²) >= 11 is 6.15. The molecule has 0 spiro atoms. The van der Waals surface area contributed by atoms with Gasteiger partial charge in [-0.25, -0.2) is 0 Å². The second kappa shape index (κ2) is 4.00. The zero-order valence-electron chi connectivity index (χ0n) is 9.98. The molecule has 0 bridgehead atoms. The monoisotopic (exact) mass is 251 g/mol. The number of hydrogen-bond donors (Lipinski definition) is 1. The Balaban J connectivity index is 2.58. The van der Waals surface area contributed by atoms with E-state index in [1.54, 1.807) is 16.8 Å². The number of tetrazole rings is 1. The van der Waals surface area contributed by atoms with Crippen molar-refractivity contribution in [2.45, 2.75) is 26.2 Å². The van der Waals surface area contributed by atoms with E-state index in [9.17, 15) is 0 Å². The van der Waals surface area contributed by atoms with E-state index >= 15 is 0 Å². The van der Waals surface area contributed by atoms with Crippen molar-refractivity contribution in [3.63, 3.8) is 0 Å². The number of benzene rings is 1. The molecule has 0 unspecified atom stereocenters. The highest BCUT2D eigenvalue weighted by Gasteiger charge is 2.23. The second-order valence-electron chi connectivity index (χ2n) is 4.88. The second-order valence-corrected chi connectivity index (χ2v) is 5.28. The molecular formula is C11H14ClN5. The fourth-order valence-corrected chi connectivity index (χ4v) is 1.78. The van der Waals surface area contributed by atoms with Gasteiger partial charge >= 0.3 is 0 Å². The van der Waals surface area contributed by atoms with Crippen LogP contribution in [0.15, 0.2) is 18.2 Å². The van der Waals surface area contributed by atoms with Crippen LogP contribution in [0.5, 0.6) is 0 Å². The molecule has 0 aliphatic heterocycles. The van der Waals surface area contributed by atoms with Crippen molar-refractivity contribution in [1.29, 1.82) is 0 Å². The van der Waals surface area contributed by atoms with E-state index in [0.29, 0.717) is 10.7 Å². The number of nitrogens with zero attached hydrogens (tertiary/aromatic N) is 4. The first-order chi connectivity index (χ1) is 7.89. The smallest absolute Gasteiger partial charge is 0.162 e. The molecule has 0 saturated carbocycles. The maximum atomic E-state index is 6.15. The summed E-state index contributed by atoms with van der Waals surface area (Å²) in [6.45, 7) is 6.13. The Hall–Kier alpha value is -1.62. The van der Waals surface area contributed by atoms with Gasteiger partial charge < -0.3 is 5.73 Å². The molecule has 0 aliphatic rings. The fourth-order valence-electron chi connectivity index (χ4n) is 1.51. The summed E-state index contributed by atoms with van der Waals surface area (Å²) in [5, 5.41) is 12.2. The average molecular weight is 252 g/mol. The standard InChI is InChI=1S/C11H14ClN5/c1-11(2,3)10-14-15-16-17(10)9-5-4-7(13)6-8(9)12/h4-6H,13H2,1-3H3. The van der Waals surface area contributed by atoms with Crippen molar-refractivity contribution in [2.24, 2.45) is 0 Å². The molecule has 0 saturated heterocycles. The molecule has 1 heterocycles. The van der Waals surface area contributed by atoms with E-state index in [0.717, 1.165) is 11.5 Å². The summed E-state index contributed by atoms with van der Waals surface area (Å²) < 4.78 is 1.64. The lowest BCUT2D eigenvalue weighted by Crippen LogP contribution is -2.19. The largest absolute Gasteiger partial charge is 0.399 e. The molecule has 1 aromatic heterocycles. The van der Waals surface area contributed by atoms with Gasteiger partial charge in [-0.1, -0.05) is 32.4 Å². The number of hydrogen-bond acceptors (Lipinski definition) is 4. The Bertz CT molecular complexity index is 541. The van der Waals surface area contributed by atoms with Gasteiger partial charge in [0.15, 0.2) is 5.82 Å². The predicted molar refractivity (Wildman–Crippen MR) is 67.3 cm³/mol.